The van der Waals surface area contributed by atoms with E-state index in [1.807, 2.05) is 0 Å². The molecule has 0 bridgehead atoms. The second-order valence-corrected chi connectivity index (χ2v) is 25.0. The molecule has 0 amide bonds. The third-order valence-corrected chi connectivity index (χ3v) is 11.7. The summed E-state index contributed by atoms with van der Waals surface area (Å²) < 4.78 is 0. The van der Waals surface area contributed by atoms with E-state index in [-0.39, 0.29) is 0 Å². The van der Waals surface area contributed by atoms with Crippen LogP contribution < -0.4 is 0 Å². The summed E-state index contributed by atoms with van der Waals surface area (Å²) in [6, 6.07) is 0. The van der Waals surface area contributed by atoms with Gasteiger partial charge in [0.25, 0.3) is 0 Å². The first-order valence-corrected chi connectivity index (χ1v) is 21.0. The Bertz CT molecular complexity index is 665. The minimum atomic E-state index is 0.375. The standard InChI is InChI=1S/C21H44S.C11H23Br.C10H22S/c1-18(2,3)16(19(4,5)6)13-14-22-15-17(20(7,8)9)21(10,11)12;1-10(2,3)9(7-8-12)11(4,5)6;1-9(2,3)8(7-11)10(4,5)6/h16-17H,13-15H2,1-12H3;9H,7-8H2,1-6H3;8,11H,7H2,1-6H3. The Hall–Kier alpha value is 1.18. The van der Waals surface area contributed by atoms with Crippen LogP contribution in [0.25, 0.3) is 0 Å². The number of thioether (sulfide) groups is 1. The molecule has 0 aliphatic heterocycles. The molecule has 0 heterocycles. The van der Waals surface area contributed by atoms with Crippen molar-refractivity contribution in [3.8, 4) is 0 Å². The van der Waals surface area contributed by atoms with Crippen LogP contribution in [0.1, 0.15) is 179 Å². The largest absolute Gasteiger partial charge is 0.179 e. The number of hydrogen-bond donors (Lipinski definition) is 1. The molecule has 0 rings (SSSR count). The predicted molar refractivity (Wildman–Crippen MR) is 224 cm³/mol. The zero-order valence-electron chi connectivity index (χ0n) is 35.8. The minimum absolute atomic E-state index is 0.375. The topological polar surface area (TPSA) is 0 Å². The van der Waals surface area contributed by atoms with Gasteiger partial charge in [0.2, 0.25) is 0 Å². The Balaban J connectivity index is -0.000000647. The molecule has 3 heteroatoms. The SMILES string of the molecule is CC(C)(C)C(CCBr)C(C)(C)C.CC(C)(C)C(CCSCC(C(C)(C)C)C(C)(C)C)C(C)(C)C.CC(C)(C)C(CS)C(C)(C)C. The highest BCUT2D eigenvalue weighted by molar-refractivity contribution is 9.09. The van der Waals surface area contributed by atoms with E-state index in [4.69, 9.17) is 0 Å². The van der Waals surface area contributed by atoms with Gasteiger partial charge in [-0.1, -0.05) is 182 Å². The number of alkyl halides is 1. The van der Waals surface area contributed by atoms with Gasteiger partial charge in [0, 0.05) is 5.33 Å². The summed E-state index contributed by atoms with van der Waals surface area (Å²) in [4.78, 5) is 0. The quantitative estimate of drug-likeness (QED) is 0.147. The first-order chi connectivity index (χ1) is 19.4. The molecule has 0 N–H and O–H groups in total. The molecule has 0 radical (unpaired) electrons. The zero-order valence-corrected chi connectivity index (χ0v) is 39.1. The van der Waals surface area contributed by atoms with Crippen molar-refractivity contribution < 1.29 is 0 Å². The van der Waals surface area contributed by atoms with Gasteiger partial charge in [0.05, 0.1) is 0 Å². The second kappa shape index (κ2) is 19.0. The third-order valence-electron chi connectivity index (χ3n) is 9.78. The summed E-state index contributed by atoms with van der Waals surface area (Å²) in [5, 5.41) is 1.12. The lowest BCUT2D eigenvalue weighted by molar-refractivity contribution is 0.0987. The van der Waals surface area contributed by atoms with E-state index in [0.717, 1.165) is 28.8 Å². The van der Waals surface area contributed by atoms with Crippen LogP contribution in [0.3, 0.4) is 0 Å². The van der Waals surface area contributed by atoms with Gasteiger partial charge in [-0.25, -0.2) is 0 Å². The Labute approximate surface area is 307 Å². The first kappa shape index (κ1) is 50.6. The number of halogens is 1. The van der Waals surface area contributed by atoms with Crippen LogP contribution in [-0.2, 0) is 0 Å². The zero-order chi connectivity index (χ0) is 37.3. The van der Waals surface area contributed by atoms with Crippen molar-refractivity contribution in [1.29, 1.82) is 0 Å². The fraction of sp³-hybridized carbons (Fsp3) is 1.00. The lowest BCUT2D eigenvalue weighted by Gasteiger charge is -2.42. The molecule has 276 valence electrons. The molecule has 0 aliphatic carbocycles. The Morgan fingerprint density at radius 2 is 0.644 bits per heavy atom. The molecule has 0 saturated heterocycles. The molecule has 0 nitrogen and oxygen atoms in total. The molecule has 0 spiro atoms. The molecule has 0 aromatic heterocycles. The average molecular weight is 738 g/mol. The molecule has 0 unspecified atom stereocenters. The monoisotopic (exact) mass is 737 g/mol. The Kier molecular flexibility index (Phi) is 21.3. The van der Waals surface area contributed by atoms with E-state index < -0.39 is 0 Å². The summed E-state index contributed by atoms with van der Waals surface area (Å²) in [6.07, 6.45) is 2.60. The van der Waals surface area contributed by atoms with Gasteiger partial charge in [-0.15, -0.1) is 0 Å². The molecule has 0 saturated carbocycles. The molecule has 0 aromatic rings. The van der Waals surface area contributed by atoms with E-state index in [1.54, 1.807) is 0 Å². The van der Waals surface area contributed by atoms with Crippen molar-refractivity contribution in [1.82, 2.24) is 0 Å². The number of rotatable bonds is 8. The number of thiol groups is 1. The van der Waals surface area contributed by atoms with Crippen LogP contribution in [0.15, 0.2) is 0 Å². The van der Waals surface area contributed by atoms with Crippen molar-refractivity contribution in [3.05, 3.63) is 0 Å². The maximum Gasteiger partial charge on any atom is 0.00343 e. The van der Waals surface area contributed by atoms with E-state index in [2.05, 4.69) is 206 Å². The van der Waals surface area contributed by atoms with Gasteiger partial charge in [-0.3, -0.25) is 0 Å². The average Bonchev–Trinajstić information content (AvgIpc) is 2.68. The highest BCUT2D eigenvalue weighted by Gasteiger charge is 2.37. The van der Waals surface area contributed by atoms with E-state index in [9.17, 15) is 0 Å². The lowest BCUT2D eigenvalue weighted by Crippen LogP contribution is -2.35. The molecule has 45 heavy (non-hydrogen) atoms. The normalized spacial score (nSPS) is 14.5. The third kappa shape index (κ3) is 22.5. The molecular formula is C42H89BrS2. The van der Waals surface area contributed by atoms with Crippen LogP contribution in [0.4, 0.5) is 0 Å². The van der Waals surface area contributed by atoms with Crippen LogP contribution >= 0.6 is 40.3 Å². The molecule has 0 fully saturated rings. The van der Waals surface area contributed by atoms with Crippen LogP contribution in [0.5, 0.6) is 0 Å². The van der Waals surface area contributed by atoms with Gasteiger partial charge in [0.15, 0.2) is 0 Å². The van der Waals surface area contributed by atoms with Crippen molar-refractivity contribution in [2.75, 3.05) is 22.6 Å². The lowest BCUT2D eigenvalue weighted by atomic mass is 9.65. The highest BCUT2D eigenvalue weighted by atomic mass is 79.9. The van der Waals surface area contributed by atoms with Crippen molar-refractivity contribution in [3.63, 3.8) is 0 Å². The first-order valence-electron chi connectivity index (χ1n) is 18.1. The minimum Gasteiger partial charge on any atom is -0.179 e. The molecule has 0 atom stereocenters. The van der Waals surface area contributed by atoms with Crippen LogP contribution in [-0.4, -0.2) is 22.6 Å². The van der Waals surface area contributed by atoms with Gasteiger partial charge in [0.1, 0.15) is 0 Å². The van der Waals surface area contributed by atoms with Crippen LogP contribution in [0, 0.1) is 67.0 Å². The Morgan fingerprint density at radius 1 is 0.400 bits per heavy atom. The summed E-state index contributed by atoms with van der Waals surface area (Å²) in [6.45, 7) is 56.6. The molecule has 0 aromatic carbocycles. The second-order valence-electron chi connectivity index (χ2n) is 22.7. The Morgan fingerprint density at radius 3 is 0.800 bits per heavy atom. The maximum absolute atomic E-state index is 4.40. The highest BCUT2D eigenvalue weighted by Crippen LogP contribution is 2.45. The van der Waals surface area contributed by atoms with Crippen molar-refractivity contribution >= 4 is 40.3 Å². The van der Waals surface area contributed by atoms with Gasteiger partial charge >= 0.3 is 0 Å². The van der Waals surface area contributed by atoms with Crippen molar-refractivity contribution in [2.45, 2.75) is 179 Å². The summed E-state index contributed by atoms with van der Waals surface area (Å²) in [5.74, 6) is 6.55. The summed E-state index contributed by atoms with van der Waals surface area (Å²) in [5.41, 5.74) is 3.16. The van der Waals surface area contributed by atoms with Gasteiger partial charge < -0.3 is 0 Å². The fourth-order valence-corrected chi connectivity index (χ4v) is 11.8. The van der Waals surface area contributed by atoms with Gasteiger partial charge in [-0.05, 0) is 97.1 Å². The molecule has 0 aliphatic rings. The maximum atomic E-state index is 4.40. The van der Waals surface area contributed by atoms with Crippen molar-refractivity contribution in [2.24, 2.45) is 67.0 Å². The van der Waals surface area contributed by atoms with E-state index >= 15 is 0 Å². The van der Waals surface area contributed by atoms with E-state index in [0.29, 0.717) is 49.2 Å². The van der Waals surface area contributed by atoms with E-state index in [1.165, 1.54) is 24.3 Å². The fourth-order valence-electron chi connectivity index (χ4n) is 8.49. The smallest absolute Gasteiger partial charge is 0.00343 e. The predicted octanol–water partition coefficient (Wildman–Crippen LogP) is 15.6. The molecular weight excluding hydrogens is 649 g/mol. The van der Waals surface area contributed by atoms with Crippen LogP contribution in [0.2, 0.25) is 0 Å². The summed E-state index contributed by atoms with van der Waals surface area (Å²) >= 11 is 10.1. The van der Waals surface area contributed by atoms with Gasteiger partial charge in [-0.2, -0.15) is 24.4 Å². The number of hydrogen-bond acceptors (Lipinski definition) is 2. The summed E-state index contributed by atoms with van der Waals surface area (Å²) in [7, 11) is 0.